The van der Waals surface area contributed by atoms with E-state index in [-0.39, 0.29) is 51.6 Å². The maximum atomic E-state index is 12.6. The second kappa shape index (κ2) is 14.3. The number of aromatic amines is 1. The fourth-order valence-electron chi connectivity index (χ4n) is 5.70. The van der Waals surface area contributed by atoms with Crippen LogP contribution < -0.4 is 30.9 Å². The molecule has 2 aromatic carbocycles. The standard InChI is InChI=1S/C32H31N2O16PS/c1-16-13-34(32(38)33-31(16)37)29-11-22(36)27(50-29)14-47-51(39,40)48-15-46-18-5-7-20-25(9-18)49-24-8-17(35)4-6-19(24)30(20)21-10-28(52(41,42)43)26(45-3)12-23(21)44-2/h4-10,12-13,22,27,29,36H,11,14-15H2,1-3H3,(H,39,40)(H,33,37,38)(H,41,42,43). The molecule has 2 aliphatic heterocycles. The molecule has 3 aromatic rings. The summed E-state index contributed by atoms with van der Waals surface area (Å²) in [6.45, 7) is 0.0993. The van der Waals surface area contributed by atoms with Gasteiger partial charge in [-0.05, 0) is 37.3 Å². The van der Waals surface area contributed by atoms with Crippen molar-refractivity contribution in [2.75, 3.05) is 27.6 Å². The highest BCUT2D eigenvalue weighted by molar-refractivity contribution is 7.86. The van der Waals surface area contributed by atoms with Crippen LogP contribution in [0.5, 0.6) is 17.2 Å². The van der Waals surface area contributed by atoms with E-state index in [0.29, 0.717) is 16.5 Å². The Morgan fingerprint density at radius 3 is 2.46 bits per heavy atom. The summed E-state index contributed by atoms with van der Waals surface area (Å²) >= 11 is 0. The van der Waals surface area contributed by atoms with Crippen molar-refractivity contribution in [1.29, 1.82) is 0 Å². The van der Waals surface area contributed by atoms with Gasteiger partial charge >= 0.3 is 13.5 Å². The Hall–Kier alpha value is -4.85. The lowest BCUT2D eigenvalue weighted by atomic mass is 9.93. The first-order valence-electron chi connectivity index (χ1n) is 15.2. The molecule has 0 radical (unpaired) electrons. The molecule has 3 heterocycles. The van der Waals surface area contributed by atoms with E-state index in [1.165, 1.54) is 69.8 Å². The van der Waals surface area contributed by atoms with Gasteiger partial charge in [0.1, 0.15) is 45.8 Å². The van der Waals surface area contributed by atoms with Crippen molar-refractivity contribution in [3.63, 3.8) is 0 Å². The lowest BCUT2D eigenvalue weighted by Gasteiger charge is -2.19. The summed E-state index contributed by atoms with van der Waals surface area (Å²) in [5.41, 5.74) is -0.350. The van der Waals surface area contributed by atoms with Gasteiger partial charge in [0.25, 0.3) is 15.7 Å². The summed E-state index contributed by atoms with van der Waals surface area (Å²) in [6, 6.07) is 10.9. The molecule has 4 atom stereocenters. The number of nitrogens with zero attached hydrogens (tertiary/aromatic N) is 1. The van der Waals surface area contributed by atoms with Crippen molar-refractivity contribution in [2.45, 2.75) is 36.7 Å². The van der Waals surface area contributed by atoms with Crippen LogP contribution in [0.4, 0.5) is 0 Å². The number of hydrogen-bond donors (Lipinski definition) is 4. The second-order valence-electron chi connectivity index (χ2n) is 11.5. The number of methoxy groups -OCH3 is 2. The number of phosphoric acid groups is 1. The van der Waals surface area contributed by atoms with Gasteiger partial charge in [0.05, 0.1) is 26.9 Å². The van der Waals surface area contributed by atoms with Crippen LogP contribution in [0.1, 0.15) is 18.2 Å². The Morgan fingerprint density at radius 1 is 1.00 bits per heavy atom. The van der Waals surface area contributed by atoms with Crippen molar-refractivity contribution in [3.05, 3.63) is 91.4 Å². The first-order chi connectivity index (χ1) is 24.6. The maximum Gasteiger partial charge on any atom is 0.475 e. The van der Waals surface area contributed by atoms with Crippen LogP contribution in [-0.4, -0.2) is 72.3 Å². The van der Waals surface area contributed by atoms with Gasteiger partial charge in [0.2, 0.25) is 0 Å². The number of fused-ring (bicyclic) bond motifs is 2. The maximum absolute atomic E-state index is 12.6. The Bertz CT molecular complexity index is 2480. The van der Waals surface area contributed by atoms with E-state index in [0.717, 1.165) is 4.57 Å². The molecule has 1 aromatic heterocycles. The van der Waals surface area contributed by atoms with Crippen LogP contribution in [0.25, 0.3) is 33.4 Å². The quantitative estimate of drug-likeness (QED) is 0.0617. The summed E-state index contributed by atoms with van der Waals surface area (Å²) in [5, 5.41) is 10.8. The largest absolute Gasteiger partial charge is 0.496 e. The molecule has 0 spiro atoms. The number of aromatic nitrogens is 2. The highest BCUT2D eigenvalue weighted by Crippen LogP contribution is 2.47. The van der Waals surface area contributed by atoms with E-state index in [1.54, 1.807) is 6.07 Å². The molecule has 4 unspecified atom stereocenters. The van der Waals surface area contributed by atoms with Crippen molar-refractivity contribution in [1.82, 2.24) is 9.55 Å². The van der Waals surface area contributed by atoms with Crippen LogP contribution in [-0.2, 0) is 28.5 Å². The molecule has 1 fully saturated rings. The van der Waals surface area contributed by atoms with Crippen molar-refractivity contribution < 1.29 is 59.9 Å². The number of hydrogen-bond acceptors (Lipinski definition) is 14. The summed E-state index contributed by atoms with van der Waals surface area (Å²) < 4.78 is 85.9. The minimum absolute atomic E-state index is 0.0633. The average molecular weight is 763 g/mol. The monoisotopic (exact) mass is 762 g/mol. The predicted molar refractivity (Wildman–Crippen MR) is 180 cm³/mol. The van der Waals surface area contributed by atoms with E-state index >= 15 is 0 Å². The average Bonchev–Trinajstić information content (AvgIpc) is 3.46. The number of aliphatic hydroxyl groups excluding tert-OH is 1. The normalized spacial score (nSPS) is 18.8. The molecule has 276 valence electrons. The topological polar surface area (TPSA) is 252 Å². The molecule has 0 saturated carbocycles. The zero-order valence-electron chi connectivity index (χ0n) is 27.5. The zero-order chi connectivity index (χ0) is 37.5. The van der Waals surface area contributed by atoms with Gasteiger partial charge in [-0.1, -0.05) is 0 Å². The van der Waals surface area contributed by atoms with Gasteiger partial charge in [-0.3, -0.25) is 28.2 Å². The Labute approximate surface area is 293 Å². The van der Waals surface area contributed by atoms with Crippen LogP contribution in [0, 0.1) is 6.92 Å². The van der Waals surface area contributed by atoms with Gasteiger partial charge in [-0.25, -0.2) is 13.9 Å². The van der Waals surface area contributed by atoms with Gasteiger partial charge in [-0.2, -0.15) is 8.42 Å². The molecule has 4 N–H and O–H groups in total. The second-order valence-corrected chi connectivity index (χ2v) is 14.4. The molecular formula is C32H31N2O16PS. The highest BCUT2D eigenvalue weighted by atomic mass is 32.2. The van der Waals surface area contributed by atoms with E-state index in [2.05, 4.69) is 4.98 Å². The third kappa shape index (κ3) is 7.52. The van der Waals surface area contributed by atoms with Crippen LogP contribution in [0.3, 0.4) is 0 Å². The van der Waals surface area contributed by atoms with Gasteiger partial charge in [0.15, 0.2) is 12.2 Å². The third-order valence-electron chi connectivity index (χ3n) is 8.20. The van der Waals surface area contributed by atoms with Crippen LogP contribution in [0.15, 0.2) is 78.4 Å². The lowest BCUT2D eigenvalue weighted by molar-refractivity contribution is -0.0488. The molecule has 1 saturated heterocycles. The first kappa shape index (κ1) is 36.9. The zero-order valence-corrected chi connectivity index (χ0v) is 29.2. The van der Waals surface area contributed by atoms with E-state index < -0.39 is 65.9 Å². The van der Waals surface area contributed by atoms with E-state index in [1.807, 2.05) is 0 Å². The number of ether oxygens (including phenoxy) is 4. The summed E-state index contributed by atoms with van der Waals surface area (Å²) in [6.07, 6.45) is -2.06. The molecule has 6 rings (SSSR count). The van der Waals surface area contributed by atoms with Gasteiger partial charge < -0.3 is 33.4 Å². The number of aryl methyl sites for hydroxylation is 1. The summed E-state index contributed by atoms with van der Waals surface area (Å²) in [5.74, 6) is 0.193. The predicted octanol–water partition coefficient (Wildman–Crippen LogP) is 2.81. The first-order valence-corrected chi connectivity index (χ1v) is 18.2. The van der Waals surface area contributed by atoms with Crippen molar-refractivity contribution >= 4 is 28.9 Å². The summed E-state index contributed by atoms with van der Waals surface area (Å²) in [7, 11) is -6.95. The third-order valence-corrected chi connectivity index (χ3v) is 9.98. The smallest absolute Gasteiger partial charge is 0.475 e. The molecule has 0 amide bonds. The number of H-pyrrole nitrogens is 1. The molecule has 0 bridgehead atoms. The minimum atomic E-state index is -4.78. The number of nitrogens with one attached hydrogen (secondary N) is 1. The van der Waals surface area contributed by atoms with Gasteiger partial charge in [0, 0.05) is 58.5 Å². The van der Waals surface area contributed by atoms with Crippen molar-refractivity contribution in [2.24, 2.45) is 0 Å². The number of aliphatic hydroxyl groups is 1. The highest BCUT2D eigenvalue weighted by Gasteiger charge is 2.38. The Balaban J connectivity index is 1.21. The molecule has 3 aliphatic rings. The number of rotatable bonds is 12. The Kier molecular flexibility index (Phi) is 10.1. The van der Waals surface area contributed by atoms with E-state index in [4.69, 9.17) is 32.4 Å². The Morgan fingerprint density at radius 2 is 1.75 bits per heavy atom. The van der Waals surface area contributed by atoms with E-state index in [9.17, 15) is 41.9 Å². The molecule has 20 heteroatoms. The number of benzene rings is 3. The minimum Gasteiger partial charge on any atom is -0.496 e. The SMILES string of the molecule is COc1cc(OC)c(S(=O)(=O)O)cc1-c1c2ccc(=O)cc-2oc2cc(OCOP(=O)(O)OCC3OC(n4cc(C)c(=O)[nH]c4=O)CC3O)ccc12. The van der Waals surface area contributed by atoms with Crippen molar-refractivity contribution in [3.8, 4) is 39.7 Å². The van der Waals surface area contributed by atoms with Crippen LogP contribution >= 0.6 is 7.82 Å². The molecule has 52 heavy (non-hydrogen) atoms. The molecule has 1 aliphatic carbocycles. The number of phosphoric ester groups is 1. The van der Waals surface area contributed by atoms with Crippen LogP contribution in [0.2, 0.25) is 0 Å². The fourth-order valence-corrected chi connectivity index (χ4v) is 6.96. The fraction of sp³-hybridized carbons (Fsp3) is 0.281. The van der Waals surface area contributed by atoms with Gasteiger partial charge in [-0.15, -0.1) is 0 Å². The molecule has 18 nitrogen and oxygen atoms in total. The summed E-state index contributed by atoms with van der Waals surface area (Å²) in [4.78, 5) is 48.0. The molecular weight excluding hydrogens is 731 g/mol. The lowest BCUT2D eigenvalue weighted by Crippen LogP contribution is -2.33.